The molecule has 43 heavy (non-hydrogen) atoms. The molecule has 0 saturated heterocycles. The van der Waals surface area contributed by atoms with Gasteiger partial charge in [0.05, 0.1) is 22.0 Å². The number of nitrogens with zero attached hydrogens (tertiary/aromatic N) is 2. The summed E-state index contributed by atoms with van der Waals surface area (Å²) in [6.07, 6.45) is 0.741. The summed E-state index contributed by atoms with van der Waals surface area (Å²) in [5, 5.41) is 0.791. The molecule has 0 amide bonds. The molecule has 0 atom stereocenters. The molecule has 0 aliphatic carbocycles. The smallest absolute Gasteiger partial charge is 0.114 e. The van der Waals surface area contributed by atoms with Crippen molar-refractivity contribution in [2.75, 3.05) is 0 Å². The zero-order chi connectivity index (χ0) is 35.7. The third-order valence-corrected chi connectivity index (χ3v) is 7.97. The van der Waals surface area contributed by atoms with Crippen LogP contribution in [-0.4, -0.2) is 9.55 Å². The van der Waals surface area contributed by atoms with Gasteiger partial charge >= 0.3 is 0 Å². The fourth-order valence-electron chi connectivity index (χ4n) is 6.09. The van der Waals surface area contributed by atoms with Crippen molar-refractivity contribution in [3.63, 3.8) is 0 Å². The van der Waals surface area contributed by atoms with E-state index in [0.29, 0.717) is 22.3 Å². The first-order valence-corrected chi connectivity index (χ1v) is 14.3. The minimum Gasteiger partial charge on any atom is -0.296 e. The van der Waals surface area contributed by atoms with Crippen LogP contribution < -0.4 is 0 Å². The lowest BCUT2D eigenvalue weighted by atomic mass is 9.85. The first kappa shape index (κ1) is 18.1. The van der Waals surface area contributed by atoms with Crippen molar-refractivity contribution in [2.45, 2.75) is 13.3 Å². The van der Waals surface area contributed by atoms with Crippen molar-refractivity contribution in [3.05, 3.63) is 157 Å². The first-order valence-electron chi connectivity index (χ1n) is 18.3. The molecular weight excluding hydrogens is 520 g/mol. The summed E-state index contributed by atoms with van der Waals surface area (Å²) in [6.45, 7) is 2.08. The number of rotatable bonds is 5. The predicted molar refractivity (Wildman–Crippen MR) is 182 cm³/mol. The Morgan fingerprint density at radius 1 is 0.558 bits per heavy atom. The largest absolute Gasteiger partial charge is 0.296 e. The van der Waals surface area contributed by atoms with Crippen molar-refractivity contribution >= 4 is 32.6 Å². The maximum absolute atomic E-state index is 9.21. The van der Waals surface area contributed by atoms with Crippen LogP contribution in [0.2, 0.25) is 0 Å². The Balaban J connectivity index is 1.47. The zero-order valence-electron chi connectivity index (χ0n) is 31.4. The first-order chi connectivity index (χ1) is 24.6. The number of imidazole rings is 1. The molecule has 0 aliphatic rings. The van der Waals surface area contributed by atoms with E-state index in [1.807, 2.05) is 72.8 Å². The van der Waals surface area contributed by atoms with Gasteiger partial charge in [0.1, 0.15) is 5.82 Å². The van der Waals surface area contributed by atoms with Gasteiger partial charge in [-0.05, 0) is 85.3 Å². The molecule has 7 aromatic carbocycles. The van der Waals surface area contributed by atoms with Crippen LogP contribution in [0.4, 0.5) is 0 Å². The Morgan fingerprint density at radius 3 is 1.77 bits per heavy atom. The van der Waals surface area contributed by atoms with Gasteiger partial charge < -0.3 is 0 Å². The van der Waals surface area contributed by atoms with Crippen LogP contribution >= 0.6 is 0 Å². The molecule has 8 rings (SSSR count). The average molecular weight is 559 g/mol. The highest BCUT2D eigenvalue weighted by atomic mass is 15.1. The Morgan fingerprint density at radius 2 is 1.09 bits per heavy atom. The number of aromatic nitrogens is 2. The highest BCUT2D eigenvalue weighted by Gasteiger charge is 2.17. The van der Waals surface area contributed by atoms with Gasteiger partial charge in [0.15, 0.2) is 0 Å². The molecule has 0 fully saturated rings. The number of fused-ring (bicyclic) bond motifs is 3. The van der Waals surface area contributed by atoms with E-state index in [1.54, 1.807) is 24.3 Å². The van der Waals surface area contributed by atoms with E-state index >= 15 is 0 Å². The Labute approximate surface area is 262 Å². The van der Waals surface area contributed by atoms with Crippen LogP contribution in [0.15, 0.2) is 151 Å². The van der Waals surface area contributed by atoms with Gasteiger partial charge in [0.25, 0.3) is 0 Å². The van der Waals surface area contributed by atoms with Crippen LogP contribution in [0.5, 0.6) is 0 Å². The van der Waals surface area contributed by atoms with Crippen molar-refractivity contribution in [2.24, 2.45) is 0 Å². The second-order valence-electron chi connectivity index (χ2n) is 10.5. The van der Waals surface area contributed by atoms with E-state index in [9.17, 15) is 2.74 Å². The fourth-order valence-corrected chi connectivity index (χ4v) is 6.09. The molecule has 0 spiro atoms. The van der Waals surface area contributed by atoms with Crippen LogP contribution in [0.1, 0.15) is 23.7 Å². The fraction of sp³-hybridized carbons (Fsp3) is 0.0488. The number of aryl methyl sites for hydroxylation is 1. The second-order valence-corrected chi connectivity index (χ2v) is 10.5. The molecule has 2 heteroatoms. The quantitative estimate of drug-likeness (QED) is 0.192. The topological polar surface area (TPSA) is 17.8 Å². The number of benzene rings is 7. The van der Waals surface area contributed by atoms with Crippen LogP contribution in [0, 0.1) is 0 Å². The highest BCUT2D eigenvalue weighted by molar-refractivity contribution is 6.21. The highest BCUT2D eigenvalue weighted by Crippen LogP contribution is 2.44. The molecule has 204 valence electrons. The zero-order valence-corrected chi connectivity index (χ0v) is 23.4. The second kappa shape index (κ2) is 10.4. The van der Waals surface area contributed by atoms with Gasteiger partial charge in [-0.25, -0.2) is 4.98 Å². The summed E-state index contributed by atoms with van der Waals surface area (Å²) < 4.78 is 73.5. The third-order valence-electron chi connectivity index (χ3n) is 7.97. The van der Waals surface area contributed by atoms with E-state index in [4.69, 9.17) is 13.2 Å². The van der Waals surface area contributed by atoms with Crippen LogP contribution in [-0.2, 0) is 6.42 Å². The Kier molecular flexibility index (Phi) is 4.40. The summed E-state index contributed by atoms with van der Waals surface area (Å²) in [5.74, 6) is 0.932. The minimum atomic E-state index is -0.420. The molecule has 0 radical (unpaired) electrons. The normalized spacial score (nSPS) is 14.1. The van der Waals surface area contributed by atoms with E-state index in [-0.39, 0.29) is 45.7 Å². The Hall–Kier alpha value is -5.47. The Bertz CT molecular complexity index is 2640. The lowest BCUT2D eigenvalue weighted by molar-refractivity contribution is 0.908. The van der Waals surface area contributed by atoms with Gasteiger partial charge in [-0.15, -0.1) is 0 Å². The van der Waals surface area contributed by atoms with Crippen molar-refractivity contribution in [1.29, 1.82) is 0 Å². The SMILES string of the molecule is [2H]c1c([2H])c([2H])c2c(-c3cccc(-c4cccc(-n5c(CC)nc6ccccc65)c4)c3)c3c([2H])c([2H])c([2H])c([2H])c3c(-c3ccccc3)c2c1[2H]. The molecule has 0 aliphatic heterocycles. The number of hydrogen-bond donors (Lipinski definition) is 0. The number of para-hydroxylation sites is 2. The van der Waals surface area contributed by atoms with E-state index in [2.05, 4.69) is 17.6 Å². The molecule has 1 heterocycles. The van der Waals surface area contributed by atoms with Crippen LogP contribution in [0.25, 0.3) is 71.6 Å². The van der Waals surface area contributed by atoms with Crippen molar-refractivity contribution in [1.82, 2.24) is 9.55 Å². The van der Waals surface area contributed by atoms with Gasteiger partial charge in [0, 0.05) is 12.1 Å². The molecule has 8 aromatic rings. The van der Waals surface area contributed by atoms with Gasteiger partial charge in [-0.3, -0.25) is 4.57 Å². The summed E-state index contributed by atoms with van der Waals surface area (Å²) in [4.78, 5) is 4.85. The van der Waals surface area contributed by atoms with Crippen molar-refractivity contribution in [3.8, 4) is 39.1 Å². The molecule has 0 saturated carbocycles. The molecule has 0 bridgehead atoms. The summed E-state index contributed by atoms with van der Waals surface area (Å²) in [5.41, 5.74) is 6.38. The molecule has 2 nitrogen and oxygen atoms in total. The predicted octanol–water partition coefficient (Wildman–Crippen LogP) is 10.9. The van der Waals surface area contributed by atoms with E-state index in [1.165, 1.54) is 0 Å². The third kappa shape index (κ3) is 4.23. The van der Waals surface area contributed by atoms with Crippen LogP contribution in [0.3, 0.4) is 0 Å². The minimum absolute atomic E-state index is 0.195. The lowest BCUT2D eigenvalue weighted by Crippen LogP contribution is -2.00. The van der Waals surface area contributed by atoms with Crippen molar-refractivity contribution < 1.29 is 11.0 Å². The molecular formula is C41H30N2. The standard InChI is InChI=1S/C41H30N2/c1-2-39-42-37-24-10-11-25-38(37)43(39)32-19-13-17-30(27-32)29-16-12-18-31(26-29)41-35-22-8-6-20-33(35)40(28-14-4-3-5-15-28)34-21-7-9-23-36(34)41/h3-27H,2H2,1H3/i6D,7D,8D,9D,20D,21D,22D,23D. The summed E-state index contributed by atoms with van der Waals surface area (Å²) in [7, 11) is 0. The van der Waals surface area contributed by atoms with Gasteiger partial charge in [-0.2, -0.15) is 0 Å². The van der Waals surface area contributed by atoms with Gasteiger partial charge in [0.2, 0.25) is 0 Å². The summed E-state index contributed by atoms with van der Waals surface area (Å²) in [6, 6.07) is 29.9. The average Bonchev–Trinajstić information content (AvgIpc) is 3.56. The van der Waals surface area contributed by atoms with Gasteiger partial charge in [-0.1, -0.05) is 128 Å². The van der Waals surface area contributed by atoms with E-state index < -0.39 is 24.2 Å². The number of hydrogen-bond acceptors (Lipinski definition) is 1. The van der Waals surface area contributed by atoms with E-state index in [0.717, 1.165) is 40.1 Å². The monoisotopic (exact) mass is 558 g/mol. The molecule has 0 unspecified atom stereocenters. The molecule has 1 aromatic heterocycles. The maximum atomic E-state index is 9.21. The summed E-state index contributed by atoms with van der Waals surface area (Å²) >= 11 is 0. The lowest BCUT2D eigenvalue weighted by Gasteiger charge is -2.18. The maximum Gasteiger partial charge on any atom is 0.114 e. The molecule has 0 N–H and O–H groups in total.